The van der Waals surface area contributed by atoms with Crippen molar-refractivity contribution in [2.24, 2.45) is 0 Å². The highest BCUT2D eigenvalue weighted by atomic mass is 32.2. The molecule has 0 bridgehead atoms. The average molecular weight is 310 g/mol. The van der Waals surface area contributed by atoms with Gasteiger partial charge in [0.05, 0.1) is 16.9 Å². The number of thioether (sulfide) groups is 1. The van der Waals surface area contributed by atoms with Crippen LogP contribution in [0.1, 0.15) is 30.4 Å². The van der Waals surface area contributed by atoms with Crippen LogP contribution < -0.4 is 4.74 Å². The summed E-state index contributed by atoms with van der Waals surface area (Å²) in [6.07, 6.45) is 2.10. The normalized spacial score (nSPS) is 11.1. The van der Waals surface area contributed by atoms with Crippen LogP contribution in [0.15, 0.2) is 22.4 Å². The molecule has 1 aromatic carbocycles. The number of thiophene rings is 1. The molecule has 20 heavy (non-hydrogen) atoms. The largest absolute Gasteiger partial charge is 0.490 e. The molecule has 1 heterocycles. The zero-order valence-corrected chi connectivity index (χ0v) is 13.7. The third kappa shape index (κ3) is 2.94. The van der Waals surface area contributed by atoms with Crippen molar-refractivity contribution in [3.8, 4) is 5.75 Å². The Morgan fingerprint density at radius 3 is 2.75 bits per heavy atom. The lowest BCUT2D eigenvalue weighted by molar-refractivity contribution is 0.0534. The minimum Gasteiger partial charge on any atom is -0.490 e. The Hall–Kier alpha value is -1.20. The van der Waals surface area contributed by atoms with E-state index in [1.54, 1.807) is 11.8 Å². The van der Waals surface area contributed by atoms with Gasteiger partial charge in [0.25, 0.3) is 0 Å². The lowest BCUT2D eigenvalue weighted by Gasteiger charge is -2.11. The molecule has 108 valence electrons. The molecule has 2 rings (SSSR count). The third-order valence-electron chi connectivity index (χ3n) is 2.68. The van der Waals surface area contributed by atoms with E-state index in [1.807, 2.05) is 45.2 Å². The minimum atomic E-state index is -0.260. The highest BCUT2D eigenvalue weighted by Crippen LogP contribution is 2.42. The summed E-state index contributed by atoms with van der Waals surface area (Å²) < 4.78 is 12.1. The molecule has 0 spiro atoms. The number of esters is 1. The van der Waals surface area contributed by atoms with Crippen molar-refractivity contribution in [3.05, 3.63) is 23.1 Å². The Kier molecular flexibility index (Phi) is 4.94. The van der Waals surface area contributed by atoms with Crippen molar-refractivity contribution in [2.75, 3.05) is 12.9 Å². The van der Waals surface area contributed by atoms with Crippen LogP contribution in [0.4, 0.5) is 0 Å². The van der Waals surface area contributed by atoms with Crippen LogP contribution in [0.5, 0.6) is 5.75 Å². The smallest absolute Gasteiger partial charge is 0.348 e. The summed E-state index contributed by atoms with van der Waals surface area (Å²) in [5.74, 6) is 0.568. The van der Waals surface area contributed by atoms with Crippen LogP contribution in [0.25, 0.3) is 10.8 Å². The van der Waals surface area contributed by atoms with Crippen molar-refractivity contribution in [1.29, 1.82) is 0 Å². The molecule has 5 heteroatoms. The fourth-order valence-corrected chi connectivity index (χ4v) is 3.89. The van der Waals surface area contributed by atoms with Gasteiger partial charge in [-0.05, 0) is 33.1 Å². The van der Waals surface area contributed by atoms with E-state index in [4.69, 9.17) is 9.47 Å². The highest BCUT2D eigenvalue weighted by Gasteiger charge is 2.20. The summed E-state index contributed by atoms with van der Waals surface area (Å²) in [5, 5.41) is 1.93. The molecular weight excluding hydrogens is 292 g/mol. The first-order chi connectivity index (χ1) is 9.58. The van der Waals surface area contributed by atoms with E-state index in [0.29, 0.717) is 11.5 Å². The number of carbonyl (C=O) groups excluding carboxylic acids is 1. The van der Waals surface area contributed by atoms with Crippen LogP contribution in [0.2, 0.25) is 0 Å². The first kappa shape index (κ1) is 15.2. The molecule has 0 aliphatic heterocycles. The second kappa shape index (κ2) is 6.50. The maximum atomic E-state index is 12.1. The maximum absolute atomic E-state index is 12.1. The lowest BCUT2D eigenvalue weighted by Crippen LogP contribution is -2.06. The molecule has 0 saturated heterocycles. The van der Waals surface area contributed by atoms with Gasteiger partial charge >= 0.3 is 5.97 Å². The highest BCUT2D eigenvalue weighted by molar-refractivity contribution is 8.00. The molecule has 0 atom stereocenters. The Bertz CT molecular complexity index is 617. The topological polar surface area (TPSA) is 35.5 Å². The number of benzene rings is 1. The lowest BCUT2D eigenvalue weighted by atomic mass is 10.1. The molecule has 0 amide bonds. The molecule has 1 aromatic heterocycles. The fourth-order valence-electron chi connectivity index (χ4n) is 1.97. The summed E-state index contributed by atoms with van der Waals surface area (Å²) in [7, 11) is 0. The first-order valence-electron chi connectivity index (χ1n) is 6.51. The molecule has 3 nitrogen and oxygen atoms in total. The van der Waals surface area contributed by atoms with Gasteiger partial charge in [0.1, 0.15) is 10.6 Å². The van der Waals surface area contributed by atoms with Crippen molar-refractivity contribution in [1.82, 2.24) is 0 Å². The second-order valence-electron chi connectivity index (χ2n) is 4.49. The molecule has 0 fully saturated rings. The molecule has 0 radical (unpaired) electrons. The van der Waals surface area contributed by atoms with E-state index >= 15 is 0 Å². The molecule has 0 unspecified atom stereocenters. The van der Waals surface area contributed by atoms with Gasteiger partial charge in [-0.3, -0.25) is 0 Å². The van der Waals surface area contributed by atoms with Crippen molar-refractivity contribution >= 4 is 39.8 Å². The van der Waals surface area contributed by atoms with Gasteiger partial charge in [0.2, 0.25) is 0 Å². The maximum Gasteiger partial charge on any atom is 0.348 e. The van der Waals surface area contributed by atoms with Gasteiger partial charge in [-0.1, -0.05) is 12.1 Å². The first-order valence-corrected chi connectivity index (χ1v) is 8.55. The van der Waals surface area contributed by atoms with Crippen molar-refractivity contribution in [3.63, 3.8) is 0 Å². The number of rotatable bonds is 5. The summed E-state index contributed by atoms with van der Waals surface area (Å²) in [5.41, 5.74) is 0. The van der Waals surface area contributed by atoms with Gasteiger partial charge in [-0.15, -0.1) is 23.1 Å². The van der Waals surface area contributed by atoms with E-state index in [-0.39, 0.29) is 12.1 Å². The van der Waals surface area contributed by atoms with E-state index in [1.165, 1.54) is 11.3 Å². The standard InChI is InChI=1S/C15H18O3S2/c1-5-17-14(16)13-10-7-6-8-11(18-9(2)3)12(10)15(19-4)20-13/h6-9H,5H2,1-4H3. The van der Waals surface area contributed by atoms with Crippen LogP contribution in [-0.2, 0) is 4.74 Å². The molecule has 0 aliphatic rings. The van der Waals surface area contributed by atoms with Crippen LogP contribution >= 0.6 is 23.1 Å². The van der Waals surface area contributed by atoms with Gasteiger partial charge in [-0.2, -0.15) is 0 Å². The SMILES string of the molecule is CCOC(=O)c1sc(SC)c2c(OC(C)C)cccc12. The number of hydrogen-bond donors (Lipinski definition) is 0. The fraction of sp³-hybridized carbons (Fsp3) is 0.400. The second-order valence-corrected chi connectivity index (χ2v) is 6.58. The van der Waals surface area contributed by atoms with E-state index in [2.05, 4.69) is 0 Å². The average Bonchev–Trinajstić information content (AvgIpc) is 2.78. The van der Waals surface area contributed by atoms with Crippen molar-refractivity contribution < 1.29 is 14.3 Å². The molecule has 0 aliphatic carbocycles. The predicted molar refractivity (Wildman–Crippen MR) is 85.3 cm³/mol. The Labute approximate surface area is 127 Å². The number of fused-ring (bicyclic) bond motifs is 1. The number of carbonyl (C=O) groups is 1. The minimum absolute atomic E-state index is 0.0984. The monoisotopic (exact) mass is 310 g/mol. The summed E-state index contributed by atoms with van der Waals surface area (Å²) in [4.78, 5) is 12.7. The zero-order chi connectivity index (χ0) is 14.7. The van der Waals surface area contributed by atoms with Gasteiger partial charge < -0.3 is 9.47 Å². The quantitative estimate of drug-likeness (QED) is 0.598. The van der Waals surface area contributed by atoms with Crippen LogP contribution in [0.3, 0.4) is 0 Å². The third-order valence-corrected chi connectivity index (χ3v) is 4.98. The van der Waals surface area contributed by atoms with Gasteiger partial charge in [0.15, 0.2) is 0 Å². The molecule has 0 saturated carbocycles. The summed E-state index contributed by atoms with van der Waals surface area (Å²) in [6.45, 7) is 6.19. The predicted octanol–water partition coefficient (Wildman–Crippen LogP) is 4.59. The Balaban J connectivity index is 2.60. The number of ether oxygens (including phenoxy) is 2. The van der Waals surface area contributed by atoms with Crippen LogP contribution in [-0.4, -0.2) is 24.9 Å². The van der Waals surface area contributed by atoms with E-state index < -0.39 is 0 Å². The Morgan fingerprint density at radius 1 is 1.40 bits per heavy atom. The van der Waals surface area contributed by atoms with E-state index in [0.717, 1.165) is 20.7 Å². The summed E-state index contributed by atoms with van der Waals surface area (Å²) in [6, 6.07) is 5.81. The van der Waals surface area contributed by atoms with Crippen LogP contribution in [0, 0.1) is 0 Å². The van der Waals surface area contributed by atoms with Gasteiger partial charge in [-0.25, -0.2) is 4.79 Å². The number of hydrogen-bond acceptors (Lipinski definition) is 5. The molecule has 0 N–H and O–H groups in total. The zero-order valence-electron chi connectivity index (χ0n) is 12.1. The van der Waals surface area contributed by atoms with E-state index in [9.17, 15) is 4.79 Å². The summed E-state index contributed by atoms with van der Waals surface area (Å²) >= 11 is 3.10. The van der Waals surface area contributed by atoms with Gasteiger partial charge in [0, 0.05) is 10.8 Å². The van der Waals surface area contributed by atoms with Crippen molar-refractivity contribution in [2.45, 2.75) is 31.1 Å². The molecule has 2 aromatic rings. The molecular formula is C15H18O3S2. The Morgan fingerprint density at radius 2 is 2.15 bits per heavy atom.